The Bertz CT molecular complexity index is 429. The molecular weight excluding hydrogens is 212 g/mol. The highest BCUT2D eigenvalue weighted by Gasteiger charge is 2.21. The molecule has 0 heterocycles. The number of rotatable bonds is 3. The van der Waals surface area contributed by atoms with Crippen molar-refractivity contribution in [2.24, 2.45) is 0 Å². The van der Waals surface area contributed by atoms with Gasteiger partial charge in [-0.2, -0.15) is 0 Å². The van der Waals surface area contributed by atoms with Gasteiger partial charge in [0.05, 0.1) is 0 Å². The van der Waals surface area contributed by atoms with E-state index in [2.05, 4.69) is 31.2 Å². The lowest BCUT2D eigenvalue weighted by atomic mass is 9.96. The fourth-order valence-electron chi connectivity index (χ4n) is 2.50. The zero-order valence-electron chi connectivity index (χ0n) is 10.1. The maximum atomic E-state index is 10.6. The van der Waals surface area contributed by atoms with Crippen LogP contribution in [0.4, 0.5) is 0 Å². The Morgan fingerprint density at radius 2 is 2.12 bits per heavy atom. The molecule has 1 aromatic rings. The minimum absolute atomic E-state index is 0.506. The third kappa shape index (κ3) is 2.96. The first-order valence-electron chi connectivity index (χ1n) is 6.20. The molecule has 1 aliphatic carbocycles. The molecule has 1 aromatic carbocycles. The quantitative estimate of drug-likeness (QED) is 0.806. The lowest BCUT2D eigenvalue weighted by molar-refractivity contribution is -0.131. The summed E-state index contributed by atoms with van der Waals surface area (Å²) in [4.78, 5) is 10.6. The molecule has 1 unspecified atom stereocenters. The molecule has 0 amide bonds. The molecule has 1 N–H and O–H groups in total. The van der Waals surface area contributed by atoms with Gasteiger partial charge in [-0.05, 0) is 42.7 Å². The van der Waals surface area contributed by atoms with E-state index in [9.17, 15) is 4.79 Å². The second kappa shape index (κ2) is 5.17. The lowest BCUT2D eigenvalue weighted by Gasteiger charge is -2.09. The van der Waals surface area contributed by atoms with Crippen molar-refractivity contribution in [2.45, 2.75) is 38.5 Å². The molecule has 1 fully saturated rings. The molecule has 1 saturated carbocycles. The molecule has 2 nitrogen and oxygen atoms in total. The Balaban J connectivity index is 2.07. The van der Waals surface area contributed by atoms with Crippen LogP contribution < -0.4 is 0 Å². The number of aliphatic carboxylic acids is 1. The van der Waals surface area contributed by atoms with Crippen LogP contribution in [0, 0.1) is 0 Å². The minimum atomic E-state index is -0.818. The number of aryl methyl sites for hydroxylation is 1. The molecule has 1 aliphatic rings. The summed E-state index contributed by atoms with van der Waals surface area (Å²) in [5, 5.41) is 8.72. The van der Waals surface area contributed by atoms with Crippen LogP contribution in [0.15, 0.2) is 35.9 Å². The molecule has 2 rings (SSSR count). The van der Waals surface area contributed by atoms with E-state index >= 15 is 0 Å². The highest BCUT2D eigenvalue weighted by atomic mass is 16.4. The van der Waals surface area contributed by atoms with Gasteiger partial charge in [0.1, 0.15) is 0 Å². The van der Waals surface area contributed by atoms with Gasteiger partial charge in [-0.25, -0.2) is 4.79 Å². The lowest BCUT2D eigenvalue weighted by Crippen LogP contribution is -1.93. The van der Waals surface area contributed by atoms with E-state index in [0.717, 1.165) is 31.3 Å². The first kappa shape index (κ1) is 11.9. The average molecular weight is 230 g/mol. The van der Waals surface area contributed by atoms with Crippen LogP contribution in [0.2, 0.25) is 0 Å². The van der Waals surface area contributed by atoms with Crippen LogP contribution >= 0.6 is 0 Å². The van der Waals surface area contributed by atoms with Crippen LogP contribution in [0.3, 0.4) is 0 Å². The van der Waals surface area contributed by atoms with Crippen molar-refractivity contribution in [1.82, 2.24) is 0 Å². The van der Waals surface area contributed by atoms with Gasteiger partial charge in [0.2, 0.25) is 0 Å². The third-order valence-electron chi connectivity index (χ3n) is 3.51. The molecule has 90 valence electrons. The van der Waals surface area contributed by atoms with Crippen LogP contribution in [-0.2, 0) is 11.2 Å². The summed E-state index contributed by atoms with van der Waals surface area (Å²) in [7, 11) is 0. The van der Waals surface area contributed by atoms with E-state index in [-0.39, 0.29) is 0 Å². The minimum Gasteiger partial charge on any atom is -0.478 e. The van der Waals surface area contributed by atoms with Crippen LogP contribution in [0.5, 0.6) is 0 Å². The van der Waals surface area contributed by atoms with Crippen LogP contribution in [0.25, 0.3) is 0 Å². The molecule has 0 aliphatic heterocycles. The molecule has 0 aromatic heterocycles. The van der Waals surface area contributed by atoms with E-state index in [1.807, 2.05) is 0 Å². The second-order valence-electron chi connectivity index (χ2n) is 4.68. The van der Waals surface area contributed by atoms with Crippen molar-refractivity contribution in [3.8, 4) is 0 Å². The van der Waals surface area contributed by atoms with Gasteiger partial charge in [-0.3, -0.25) is 0 Å². The summed E-state index contributed by atoms with van der Waals surface area (Å²) >= 11 is 0. The molecule has 0 radical (unpaired) electrons. The number of carboxylic acid groups (broad SMARTS) is 1. The van der Waals surface area contributed by atoms with E-state index < -0.39 is 5.97 Å². The molecule has 2 heteroatoms. The fraction of sp³-hybridized carbons (Fsp3) is 0.400. The Labute approximate surface area is 102 Å². The molecule has 0 saturated heterocycles. The van der Waals surface area contributed by atoms with Crippen LogP contribution in [0.1, 0.15) is 43.2 Å². The fourth-order valence-corrected chi connectivity index (χ4v) is 2.50. The highest BCUT2D eigenvalue weighted by Crippen LogP contribution is 2.37. The number of allylic oxidation sites excluding steroid dienone is 1. The van der Waals surface area contributed by atoms with Gasteiger partial charge in [0.15, 0.2) is 0 Å². The van der Waals surface area contributed by atoms with Gasteiger partial charge in [-0.15, -0.1) is 0 Å². The van der Waals surface area contributed by atoms with Gasteiger partial charge in [-0.1, -0.05) is 36.8 Å². The smallest absolute Gasteiger partial charge is 0.328 e. The number of hydrogen-bond donors (Lipinski definition) is 1. The van der Waals surface area contributed by atoms with Crippen LogP contribution in [-0.4, -0.2) is 11.1 Å². The second-order valence-corrected chi connectivity index (χ2v) is 4.68. The largest absolute Gasteiger partial charge is 0.478 e. The summed E-state index contributed by atoms with van der Waals surface area (Å²) in [6.45, 7) is 2.15. The Morgan fingerprint density at radius 1 is 1.41 bits per heavy atom. The van der Waals surface area contributed by atoms with Crippen molar-refractivity contribution in [3.05, 3.63) is 47.0 Å². The zero-order valence-corrected chi connectivity index (χ0v) is 10.1. The van der Waals surface area contributed by atoms with Crippen molar-refractivity contribution in [3.63, 3.8) is 0 Å². The van der Waals surface area contributed by atoms with Crippen molar-refractivity contribution >= 4 is 5.97 Å². The topological polar surface area (TPSA) is 37.3 Å². The molecule has 17 heavy (non-hydrogen) atoms. The summed E-state index contributed by atoms with van der Waals surface area (Å²) in [5.41, 5.74) is 3.77. The monoisotopic (exact) mass is 230 g/mol. The van der Waals surface area contributed by atoms with Gasteiger partial charge in [0, 0.05) is 6.08 Å². The van der Waals surface area contributed by atoms with E-state index in [0.29, 0.717) is 5.92 Å². The number of carboxylic acids is 1. The summed E-state index contributed by atoms with van der Waals surface area (Å²) in [6, 6.07) is 8.73. The average Bonchev–Trinajstić information content (AvgIpc) is 2.77. The Morgan fingerprint density at radius 3 is 2.71 bits per heavy atom. The first-order chi connectivity index (χ1) is 8.19. The molecule has 1 atom stereocenters. The molecule has 0 spiro atoms. The predicted molar refractivity (Wildman–Crippen MR) is 68.1 cm³/mol. The van der Waals surface area contributed by atoms with Gasteiger partial charge < -0.3 is 5.11 Å². The maximum absolute atomic E-state index is 10.6. The predicted octanol–water partition coefficient (Wildman–Crippen LogP) is 3.53. The summed E-state index contributed by atoms with van der Waals surface area (Å²) in [6.07, 6.45) is 5.34. The third-order valence-corrected chi connectivity index (χ3v) is 3.51. The van der Waals surface area contributed by atoms with E-state index in [1.165, 1.54) is 17.2 Å². The zero-order chi connectivity index (χ0) is 12.3. The maximum Gasteiger partial charge on any atom is 0.328 e. The highest BCUT2D eigenvalue weighted by molar-refractivity contribution is 5.80. The summed E-state index contributed by atoms with van der Waals surface area (Å²) in [5.74, 6) is -0.312. The number of carbonyl (C=O) groups is 1. The SMILES string of the molecule is CCc1ccc(C2CC/C(=C\C(=O)O)C2)cc1. The van der Waals surface area contributed by atoms with Crippen molar-refractivity contribution < 1.29 is 9.90 Å². The summed E-state index contributed by atoms with van der Waals surface area (Å²) < 4.78 is 0. The Hall–Kier alpha value is -1.57. The van der Waals surface area contributed by atoms with E-state index in [4.69, 9.17) is 5.11 Å². The van der Waals surface area contributed by atoms with Crippen molar-refractivity contribution in [2.75, 3.05) is 0 Å². The number of hydrogen-bond acceptors (Lipinski definition) is 1. The normalized spacial score (nSPS) is 21.9. The number of benzene rings is 1. The molecular formula is C15H18O2. The molecule has 0 bridgehead atoms. The van der Waals surface area contributed by atoms with Crippen molar-refractivity contribution in [1.29, 1.82) is 0 Å². The standard InChI is InChI=1S/C15H18O2/c1-2-11-3-6-13(7-4-11)14-8-5-12(9-14)10-15(16)17/h3-4,6-7,10,14H,2,5,8-9H2,1H3,(H,16,17)/b12-10+. The van der Waals surface area contributed by atoms with E-state index in [1.54, 1.807) is 0 Å². The Kier molecular flexibility index (Phi) is 3.62. The first-order valence-corrected chi connectivity index (χ1v) is 6.20. The van der Waals surface area contributed by atoms with Gasteiger partial charge in [0.25, 0.3) is 0 Å². The van der Waals surface area contributed by atoms with Gasteiger partial charge >= 0.3 is 5.97 Å².